The predicted octanol–water partition coefficient (Wildman–Crippen LogP) is 1.27. The van der Waals surface area contributed by atoms with Crippen LogP contribution in [-0.2, 0) is 4.79 Å². The Morgan fingerprint density at radius 1 is 1.50 bits per heavy atom. The topological polar surface area (TPSA) is 55.1 Å². The molecule has 3 heteroatoms. The molecule has 82 valence electrons. The molecule has 0 radical (unpaired) electrons. The third-order valence-electron chi connectivity index (χ3n) is 2.78. The fraction of sp³-hybridized carbons (Fsp3) is 0.909. The van der Waals surface area contributed by atoms with E-state index in [1.807, 2.05) is 0 Å². The molecular formula is C11H22N2O. The van der Waals surface area contributed by atoms with E-state index in [0.717, 1.165) is 25.2 Å². The van der Waals surface area contributed by atoms with Crippen LogP contribution in [0.15, 0.2) is 0 Å². The van der Waals surface area contributed by atoms with Crippen LogP contribution >= 0.6 is 0 Å². The van der Waals surface area contributed by atoms with Gasteiger partial charge in [0.15, 0.2) is 0 Å². The number of hydrogen-bond donors (Lipinski definition) is 2. The molecule has 0 aromatic heterocycles. The van der Waals surface area contributed by atoms with Crippen molar-refractivity contribution in [2.24, 2.45) is 17.6 Å². The van der Waals surface area contributed by atoms with Crippen molar-refractivity contribution in [2.75, 3.05) is 0 Å². The highest BCUT2D eigenvalue weighted by molar-refractivity contribution is 5.81. The molecule has 1 aliphatic carbocycles. The summed E-state index contributed by atoms with van der Waals surface area (Å²) in [7, 11) is 0. The number of nitrogens with one attached hydrogen (secondary N) is 1. The molecule has 1 unspecified atom stereocenters. The molecule has 3 nitrogen and oxygen atoms in total. The van der Waals surface area contributed by atoms with E-state index in [-0.39, 0.29) is 11.9 Å². The number of rotatable bonds is 4. The highest BCUT2D eigenvalue weighted by Crippen LogP contribution is 2.26. The lowest BCUT2D eigenvalue weighted by atomic mass is 9.82. The van der Waals surface area contributed by atoms with Crippen LogP contribution in [0.5, 0.6) is 0 Å². The predicted molar refractivity (Wildman–Crippen MR) is 57.8 cm³/mol. The third kappa shape index (κ3) is 3.29. The SMILES string of the molecule is CC(C)CC(N)C(=O)NC1CC(C)C1. The molecule has 0 saturated heterocycles. The lowest BCUT2D eigenvalue weighted by molar-refractivity contribution is -0.124. The number of nitrogens with two attached hydrogens (primary N) is 1. The van der Waals surface area contributed by atoms with Gasteiger partial charge in [0.05, 0.1) is 6.04 Å². The summed E-state index contributed by atoms with van der Waals surface area (Å²) in [5.41, 5.74) is 5.77. The minimum absolute atomic E-state index is 0.0237. The molecule has 0 heterocycles. The van der Waals surface area contributed by atoms with E-state index in [0.29, 0.717) is 12.0 Å². The van der Waals surface area contributed by atoms with Crippen LogP contribution in [0.4, 0.5) is 0 Å². The molecular weight excluding hydrogens is 176 g/mol. The average Bonchev–Trinajstić information content (AvgIpc) is 2.00. The Bertz CT molecular complexity index is 197. The Hall–Kier alpha value is -0.570. The summed E-state index contributed by atoms with van der Waals surface area (Å²) in [6, 6.07) is 0.0571. The van der Waals surface area contributed by atoms with Gasteiger partial charge >= 0.3 is 0 Å². The van der Waals surface area contributed by atoms with E-state index in [9.17, 15) is 4.79 Å². The zero-order valence-corrected chi connectivity index (χ0v) is 9.42. The summed E-state index contributed by atoms with van der Waals surface area (Å²) in [4.78, 5) is 11.6. The normalized spacial score (nSPS) is 28.4. The van der Waals surface area contributed by atoms with Crippen LogP contribution in [0.2, 0.25) is 0 Å². The standard InChI is InChI=1S/C11H22N2O/c1-7(2)4-10(12)11(14)13-9-5-8(3)6-9/h7-10H,4-6,12H2,1-3H3,(H,13,14). The van der Waals surface area contributed by atoms with E-state index in [2.05, 4.69) is 26.1 Å². The van der Waals surface area contributed by atoms with Gasteiger partial charge < -0.3 is 11.1 Å². The van der Waals surface area contributed by atoms with E-state index in [1.54, 1.807) is 0 Å². The lowest BCUT2D eigenvalue weighted by Gasteiger charge is -2.34. The molecule has 3 N–H and O–H groups in total. The van der Waals surface area contributed by atoms with Crippen molar-refractivity contribution in [1.29, 1.82) is 0 Å². The van der Waals surface area contributed by atoms with Crippen LogP contribution in [0, 0.1) is 11.8 Å². The molecule has 1 aliphatic rings. The van der Waals surface area contributed by atoms with Crippen molar-refractivity contribution in [3.63, 3.8) is 0 Å². The van der Waals surface area contributed by atoms with E-state index in [4.69, 9.17) is 5.73 Å². The molecule has 0 spiro atoms. The highest BCUT2D eigenvalue weighted by atomic mass is 16.2. The number of carbonyl (C=O) groups excluding carboxylic acids is 1. The fourth-order valence-electron chi connectivity index (χ4n) is 1.94. The molecule has 14 heavy (non-hydrogen) atoms. The van der Waals surface area contributed by atoms with Gasteiger partial charge in [0.25, 0.3) is 0 Å². The smallest absolute Gasteiger partial charge is 0.237 e. The van der Waals surface area contributed by atoms with Crippen molar-refractivity contribution in [3.05, 3.63) is 0 Å². The van der Waals surface area contributed by atoms with Crippen molar-refractivity contribution < 1.29 is 4.79 Å². The highest BCUT2D eigenvalue weighted by Gasteiger charge is 2.28. The van der Waals surface area contributed by atoms with Crippen molar-refractivity contribution in [3.8, 4) is 0 Å². The maximum Gasteiger partial charge on any atom is 0.237 e. The van der Waals surface area contributed by atoms with Gasteiger partial charge in [-0.3, -0.25) is 4.79 Å². The number of carbonyl (C=O) groups is 1. The molecule has 0 aliphatic heterocycles. The molecule has 1 saturated carbocycles. The molecule has 1 amide bonds. The zero-order chi connectivity index (χ0) is 10.7. The molecule has 0 aromatic rings. The molecule has 0 aromatic carbocycles. The van der Waals surface area contributed by atoms with Gasteiger partial charge in [-0.1, -0.05) is 20.8 Å². The Kier molecular flexibility index (Phi) is 3.93. The summed E-state index contributed by atoms with van der Waals surface area (Å²) in [5.74, 6) is 1.27. The minimum atomic E-state index is -0.328. The van der Waals surface area contributed by atoms with E-state index < -0.39 is 0 Å². The Balaban J connectivity index is 2.20. The van der Waals surface area contributed by atoms with Crippen molar-refractivity contribution >= 4 is 5.91 Å². The van der Waals surface area contributed by atoms with Crippen molar-refractivity contribution in [1.82, 2.24) is 5.32 Å². The Labute approximate surface area is 86.4 Å². The maximum atomic E-state index is 11.6. The molecule has 1 fully saturated rings. The van der Waals surface area contributed by atoms with Crippen LogP contribution in [-0.4, -0.2) is 18.0 Å². The summed E-state index contributed by atoms with van der Waals surface area (Å²) in [6.07, 6.45) is 2.99. The number of hydrogen-bond acceptors (Lipinski definition) is 2. The lowest BCUT2D eigenvalue weighted by Crippen LogP contribution is -2.50. The van der Waals surface area contributed by atoms with Gasteiger partial charge in [0.2, 0.25) is 5.91 Å². The molecule has 1 rings (SSSR count). The second kappa shape index (κ2) is 4.78. The minimum Gasteiger partial charge on any atom is -0.352 e. The Morgan fingerprint density at radius 2 is 2.07 bits per heavy atom. The first-order chi connectivity index (χ1) is 6.49. The van der Waals surface area contributed by atoms with Crippen LogP contribution in [0.25, 0.3) is 0 Å². The number of amides is 1. The molecule has 0 bridgehead atoms. The summed E-state index contributed by atoms with van der Waals surface area (Å²) in [5, 5.41) is 2.99. The second-order valence-electron chi connectivity index (χ2n) is 5.02. The van der Waals surface area contributed by atoms with Gasteiger partial charge in [0, 0.05) is 6.04 Å². The van der Waals surface area contributed by atoms with Crippen LogP contribution in [0.3, 0.4) is 0 Å². The van der Waals surface area contributed by atoms with Gasteiger partial charge in [-0.25, -0.2) is 0 Å². The van der Waals surface area contributed by atoms with Crippen LogP contribution in [0.1, 0.15) is 40.0 Å². The zero-order valence-electron chi connectivity index (χ0n) is 9.42. The average molecular weight is 198 g/mol. The first kappa shape index (κ1) is 11.5. The quantitative estimate of drug-likeness (QED) is 0.715. The molecule has 1 atom stereocenters. The fourth-order valence-corrected chi connectivity index (χ4v) is 1.94. The summed E-state index contributed by atoms with van der Waals surface area (Å²) >= 11 is 0. The summed E-state index contributed by atoms with van der Waals surface area (Å²) < 4.78 is 0. The van der Waals surface area contributed by atoms with Crippen molar-refractivity contribution in [2.45, 2.75) is 52.1 Å². The van der Waals surface area contributed by atoms with Gasteiger partial charge in [0.1, 0.15) is 0 Å². The van der Waals surface area contributed by atoms with Gasteiger partial charge in [-0.15, -0.1) is 0 Å². The Morgan fingerprint density at radius 3 is 2.50 bits per heavy atom. The van der Waals surface area contributed by atoms with Gasteiger partial charge in [-0.2, -0.15) is 0 Å². The monoisotopic (exact) mass is 198 g/mol. The first-order valence-corrected chi connectivity index (χ1v) is 5.55. The second-order valence-corrected chi connectivity index (χ2v) is 5.02. The first-order valence-electron chi connectivity index (χ1n) is 5.55. The largest absolute Gasteiger partial charge is 0.352 e. The van der Waals surface area contributed by atoms with E-state index >= 15 is 0 Å². The third-order valence-corrected chi connectivity index (χ3v) is 2.78. The summed E-state index contributed by atoms with van der Waals surface area (Å²) in [6.45, 7) is 6.37. The van der Waals surface area contributed by atoms with Crippen LogP contribution < -0.4 is 11.1 Å². The maximum absolute atomic E-state index is 11.6. The van der Waals surface area contributed by atoms with Gasteiger partial charge in [-0.05, 0) is 31.1 Å². The van der Waals surface area contributed by atoms with E-state index in [1.165, 1.54) is 0 Å².